The molecule has 2 rings (SSSR count). The summed E-state index contributed by atoms with van der Waals surface area (Å²) < 4.78 is 5.84. The number of rotatable bonds is 9. The molecule has 0 saturated carbocycles. The highest BCUT2D eigenvalue weighted by Gasteiger charge is 2.52. The minimum absolute atomic E-state index is 0.164. The van der Waals surface area contributed by atoms with Crippen LogP contribution in [0.5, 0.6) is 0 Å². The Labute approximate surface area is 198 Å². The number of benzene rings is 1. The average Bonchev–Trinajstić information content (AvgIpc) is 2.77. The van der Waals surface area contributed by atoms with Gasteiger partial charge in [-0.3, -0.25) is 9.59 Å². The minimum Gasteiger partial charge on any atom is -0.506 e. The molecular formula is C29H36O4. The monoisotopic (exact) mass is 448 g/mol. The van der Waals surface area contributed by atoms with E-state index in [9.17, 15) is 14.7 Å². The molecule has 33 heavy (non-hydrogen) atoms. The lowest BCUT2D eigenvalue weighted by Crippen LogP contribution is -2.43. The van der Waals surface area contributed by atoms with Gasteiger partial charge in [-0.05, 0) is 60.3 Å². The standard InChI is InChI=1S/C29H36O4/c1-19(2)13-14-23-26(31)24(25(30)22-11-9-8-10-12-22)27(32)29(28(23)33-7,17-15-20(3)4)18-16-21(5)6/h8-13,16,30H,3,14-15,17-18H2,1-2,4-7H3/b25-24-. The Morgan fingerprint density at radius 1 is 1.03 bits per heavy atom. The van der Waals surface area contributed by atoms with Crippen LogP contribution < -0.4 is 0 Å². The van der Waals surface area contributed by atoms with Gasteiger partial charge in [0.2, 0.25) is 0 Å². The number of carbonyl (C=O) groups excluding carboxylic acids is 2. The van der Waals surface area contributed by atoms with Gasteiger partial charge in [0.1, 0.15) is 17.1 Å². The fourth-order valence-electron chi connectivity index (χ4n) is 4.07. The molecule has 1 aliphatic rings. The molecule has 0 aliphatic heterocycles. The van der Waals surface area contributed by atoms with Gasteiger partial charge in [-0.15, -0.1) is 6.58 Å². The topological polar surface area (TPSA) is 63.6 Å². The fourth-order valence-corrected chi connectivity index (χ4v) is 4.07. The van der Waals surface area contributed by atoms with Crippen molar-refractivity contribution in [2.75, 3.05) is 7.11 Å². The second-order valence-electron chi connectivity index (χ2n) is 9.27. The van der Waals surface area contributed by atoms with E-state index in [1.54, 1.807) is 24.3 Å². The molecule has 0 saturated heterocycles. The van der Waals surface area contributed by atoms with E-state index in [0.29, 0.717) is 42.6 Å². The Morgan fingerprint density at radius 2 is 1.64 bits per heavy atom. The highest BCUT2D eigenvalue weighted by molar-refractivity contribution is 6.34. The quantitative estimate of drug-likeness (QED) is 0.190. The molecule has 176 valence electrons. The Morgan fingerprint density at radius 3 is 2.15 bits per heavy atom. The second kappa shape index (κ2) is 11.1. The van der Waals surface area contributed by atoms with E-state index < -0.39 is 17.0 Å². The van der Waals surface area contributed by atoms with E-state index in [2.05, 4.69) is 6.58 Å². The molecule has 0 aromatic heterocycles. The molecule has 0 amide bonds. The molecule has 0 spiro atoms. The van der Waals surface area contributed by atoms with Gasteiger partial charge in [0.25, 0.3) is 0 Å². The third-order valence-electron chi connectivity index (χ3n) is 5.91. The number of ether oxygens (including phenoxy) is 1. The van der Waals surface area contributed by atoms with E-state index in [1.807, 2.05) is 52.8 Å². The Bertz CT molecular complexity index is 1040. The number of carbonyl (C=O) groups is 2. The molecule has 0 bridgehead atoms. The number of methoxy groups -OCH3 is 1. The highest BCUT2D eigenvalue weighted by Crippen LogP contribution is 2.48. The van der Waals surface area contributed by atoms with Crippen LogP contribution in [0.4, 0.5) is 0 Å². The zero-order valence-electron chi connectivity index (χ0n) is 20.7. The lowest BCUT2D eigenvalue weighted by molar-refractivity contribution is -0.129. The van der Waals surface area contributed by atoms with Crippen LogP contribution in [0.2, 0.25) is 0 Å². The number of ketones is 2. The largest absolute Gasteiger partial charge is 0.506 e. The highest BCUT2D eigenvalue weighted by atomic mass is 16.5. The van der Waals surface area contributed by atoms with Crippen molar-refractivity contribution in [1.29, 1.82) is 0 Å². The van der Waals surface area contributed by atoms with E-state index in [0.717, 1.165) is 16.7 Å². The van der Waals surface area contributed by atoms with Crippen LogP contribution in [0.15, 0.2) is 82.7 Å². The van der Waals surface area contributed by atoms with Gasteiger partial charge in [0.05, 0.1) is 12.5 Å². The van der Waals surface area contributed by atoms with Crippen LogP contribution in [-0.4, -0.2) is 23.8 Å². The maximum absolute atomic E-state index is 14.1. The third kappa shape index (κ3) is 5.81. The molecule has 4 heteroatoms. The first-order valence-corrected chi connectivity index (χ1v) is 11.3. The van der Waals surface area contributed by atoms with Gasteiger partial charge in [0.15, 0.2) is 11.6 Å². The Balaban J connectivity index is 2.90. The third-order valence-corrected chi connectivity index (χ3v) is 5.91. The van der Waals surface area contributed by atoms with Crippen LogP contribution >= 0.6 is 0 Å². The lowest BCUT2D eigenvalue weighted by Gasteiger charge is -2.38. The van der Waals surface area contributed by atoms with Crippen molar-refractivity contribution < 1.29 is 19.4 Å². The number of allylic oxidation sites excluding steroid dienone is 8. The maximum atomic E-state index is 14.1. The summed E-state index contributed by atoms with van der Waals surface area (Å²) >= 11 is 0. The molecule has 0 heterocycles. The molecular weight excluding hydrogens is 412 g/mol. The first kappa shape index (κ1) is 26.1. The van der Waals surface area contributed by atoms with Gasteiger partial charge < -0.3 is 9.84 Å². The van der Waals surface area contributed by atoms with Crippen LogP contribution in [-0.2, 0) is 14.3 Å². The summed E-state index contributed by atoms with van der Waals surface area (Å²) in [6, 6.07) is 8.74. The van der Waals surface area contributed by atoms with Gasteiger partial charge in [-0.2, -0.15) is 0 Å². The number of aliphatic hydroxyl groups excluding tert-OH is 1. The Hall–Kier alpha value is -3.14. The summed E-state index contributed by atoms with van der Waals surface area (Å²) in [6.45, 7) is 13.8. The van der Waals surface area contributed by atoms with E-state index >= 15 is 0 Å². The average molecular weight is 449 g/mol. The summed E-state index contributed by atoms with van der Waals surface area (Å²) in [7, 11) is 1.52. The predicted octanol–water partition coefficient (Wildman–Crippen LogP) is 7.06. The number of Topliss-reactive ketones (excluding diaryl/α,β-unsaturated/α-hetero) is 2. The van der Waals surface area contributed by atoms with Crippen molar-refractivity contribution in [3.8, 4) is 0 Å². The van der Waals surface area contributed by atoms with Gasteiger partial charge >= 0.3 is 0 Å². The predicted molar refractivity (Wildman–Crippen MR) is 135 cm³/mol. The Kier molecular flexibility index (Phi) is 8.81. The molecule has 0 radical (unpaired) electrons. The fraction of sp³-hybridized carbons (Fsp3) is 0.379. The van der Waals surface area contributed by atoms with Gasteiger partial charge in [0, 0.05) is 11.1 Å². The molecule has 1 aliphatic carbocycles. The maximum Gasteiger partial charge on any atom is 0.200 e. The first-order valence-electron chi connectivity index (χ1n) is 11.3. The van der Waals surface area contributed by atoms with E-state index in [1.165, 1.54) is 7.11 Å². The minimum atomic E-state index is -1.10. The number of hydrogen-bond donors (Lipinski definition) is 1. The van der Waals surface area contributed by atoms with Crippen LogP contribution in [0.25, 0.3) is 5.76 Å². The van der Waals surface area contributed by atoms with Crippen LogP contribution in [0.1, 0.15) is 65.9 Å². The van der Waals surface area contributed by atoms with Crippen molar-refractivity contribution >= 4 is 17.3 Å². The molecule has 1 aromatic carbocycles. The van der Waals surface area contributed by atoms with Crippen molar-refractivity contribution in [1.82, 2.24) is 0 Å². The molecule has 1 unspecified atom stereocenters. The molecule has 1 N–H and O–H groups in total. The van der Waals surface area contributed by atoms with E-state index in [-0.39, 0.29) is 11.3 Å². The zero-order chi connectivity index (χ0) is 24.8. The summed E-state index contributed by atoms with van der Waals surface area (Å²) in [6.07, 6.45) is 5.68. The normalized spacial score (nSPS) is 19.8. The summed E-state index contributed by atoms with van der Waals surface area (Å²) in [4.78, 5) is 27.8. The smallest absolute Gasteiger partial charge is 0.200 e. The lowest BCUT2D eigenvalue weighted by atomic mass is 9.64. The first-order chi connectivity index (χ1) is 15.5. The van der Waals surface area contributed by atoms with Crippen molar-refractivity contribution in [2.45, 2.75) is 60.3 Å². The molecule has 4 nitrogen and oxygen atoms in total. The van der Waals surface area contributed by atoms with Gasteiger partial charge in [-0.25, -0.2) is 0 Å². The number of aliphatic hydroxyl groups is 1. The van der Waals surface area contributed by atoms with E-state index in [4.69, 9.17) is 4.74 Å². The summed E-state index contributed by atoms with van der Waals surface area (Å²) in [5.74, 6) is -0.755. The van der Waals surface area contributed by atoms with Crippen molar-refractivity contribution in [3.63, 3.8) is 0 Å². The van der Waals surface area contributed by atoms with Gasteiger partial charge in [-0.1, -0.05) is 59.2 Å². The second-order valence-corrected chi connectivity index (χ2v) is 9.27. The van der Waals surface area contributed by atoms with Crippen molar-refractivity contribution in [3.05, 3.63) is 88.3 Å². The SMILES string of the molecule is C=C(C)CCC1(CC=C(C)C)C(=O)/C(=C(\O)c2ccccc2)C(=O)C(CC=C(C)C)=C1OC. The van der Waals surface area contributed by atoms with Crippen molar-refractivity contribution in [2.24, 2.45) is 5.41 Å². The molecule has 0 fully saturated rings. The molecule has 1 atom stereocenters. The zero-order valence-corrected chi connectivity index (χ0v) is 20.7. The number of hydrogen-bond acceptors (Lipinski definition) is 4. The summed E-state index contributed by atoms with van der Waals surface area (Å²) in [5.41, 5.74) is 2.65. The summed E-state index contributed by atoms with van der Waals surface area (Å²) in [5, 5.41) is 11.2. The molecule has 1 aromatic rings. The van der Waals surface area contributed by atoms with Crippen LogP contribution in [0.3, 0.4) is 0 Å². The van der Waals surface area contributed by atoms with Crippen LogP contribution in [0, 0.1) is 5.41 Å².